The van der Waals surface area contributed by atoms with E-state index in [1.807, 2.05) is 36.7 Å². The molecule has 4 aromatic rings. The quantitative estimate of drug-likeness (QED) is 0.445. The Hall–Kier alpha value is -4.03. The highest BCUT2D eigenvalue weighted by Gasteiger charge is 2.40. The molecule has 0 spiro atoms. The van der Waals surface area contributed by atoms with E-state index in [9.17, 15) is 10.1 Å². The van der Waals surface area contributed by atoms with Crippen molar-refractivity contribution in [2.45, 2.75) is 57.5 Å². The number of hydrogen-bond acceptors (Lipinski definition) is 7. The van der Waals surface area contributed by atoms with Gasteiger partial charge in [0, 0.05) is 30.7 Å². The minimum absolute atomic E-state index is 0.110. The molecule has 1 fully saturated rings. The highest BCUT2D eigenvalue weighted by Crippen LogP contribution is 2.42. The maximum Gasteiger partial charge on any atom is 0.278 e. The van der Waals surface area contributed by atoms with Crippen LogP contribution in [0.2, 0.25) is 0 Å². The Kier molecular flexibility index (Phi) is 5.34. The van der Waals surface area contributed by atoms with Crippen LogP contribution in [0.5, 0.6) is 0 Å². The summed E-state index contributed by atoms with van der Waals surface area (Å²) in [5, 5.41) is 17.0. The fourth-order valence-electron chi connectivity index (χ4n) is 5.23. The van der Waals surface area contributed by atoms with Crippen LogP contribution in [0.4, 0.5) is 11.6 Å². The smallest absolute Gasteiger partial charge is 0.278 e. The third-order valence-electron chi connectivity index (χ3n) is 7.36. The molecule has 1 aromatic carbocycles. The first-order valence-corrected chi connectivity index (χ1v) is 12.5. The van der Waals surface area contributed by atoms with Crippen molar-refractivity contribution in [2.75, 3.05) is 11.9 Å². The van der Waals surface area contributed by atoms with E-state index in [0.717, 1.165) is 55.8 Å². The molecule has 9 heteroatoms. The average molecular weight is 481 g/mol. The van der Waals surface area contributed by atoms with E-state index in [1.165, 1.54) is 11.1 Å². The molecule has 9 nitrogen and oxygen atoms in total. The zero-order valence-corrected chi connectivity index (χ0v) is 20.5. The van der Waals surface area contributed by atoms with Crippen LogP contribution in [0, 0.1) is 11.3 Å². The summed E-state index contributed by atoms with van der Waals surface area (Å²) in [7, 11) is 0. The molecule has 1 aliphatic carbocycles. The summed E-state index contributed by atoms with van der Waals surface area (Å²) in [6, 6.07) is 12.4. The first-order valence-electron chi connectivity index (χ1n) is 12.5. The maximum atomic E-state index is 13.4. The van der Waals surface area contributed by atoms with Crippen molar-refractivity contribution in [1.29, 1.82) is 5.26 Å². The first-order chi connectivity index (χ1) is 17.5. The molecule has 182 valence electrons. The molecule has 2 aliphatic rings. The normalized spacial score (nSPS) is 16.4. The van der Waals surface area contributed by atoms with Gasteiger partial charge in [-0.3, -0.25) is 9.78 Å². The van der Waals surface area contributed by atoms with Crippen LogP contribution >= 0.6 is 0 Å². The summed E-state index contributed by atoms with van der Waals surface area (Å²) < 4.78 is 3.52. The number of anilines is 2. The van der Waals surface area contributed by atoms with Gasteiger partial charge < -0.3 is 10.6 Å². The highest BCUT2D eigenvalue weighted by atomic mass is 16.1. The van der Waals surface area contributed by atoms with Gasteiger partial charge in [0.1, 0.15) is 5.39 Å². The van der Waals surface area contributed by atoms with Crippen LogP contribution in [0.1, 0.15) is 56.0 Å². The fourth-order valence-corrected chi connectivity index (χ4v) is 5.23. The molecule has 0 bridgehead atoms. The molecule has 0 unspecified atom stereocenters. The Morgan fingerprint density at radius 1 is 1.17 bits per heavy atom. The number of fused-ring (bicyclic) bond motifs is 2. The maximum absolute atomic E-state index is 13.4. The van der Waals surface area contributed by atoms with Crippen molar-refractivity contribution < 1.29 is 0 Å². The molecule has 0 atom stereocenters. The molecule has 1 aliphatic heterocycles. The molecule has 0 amide bonds. The number of rotatable bonds is 5. The lowest BCUT2D eigenvalue weighted by molar-refractivity contribution is 0.316. The minimum atomic E-state index is -0.551. The molecule has 36 heavy (non-hydrogen) atoms. The predicted molar refractivity (Wildman–Crippen MR) is 138 cm³/mol. The van der Waals surface area contributed by atoms with Gasteiger partial charge in [-0.05, 0) is 81.5 Å². The second-order valence-electron chi connectivity index (χ2n) is 9.97. The second kappa shape index (κ2) is 8.57. The van der Waals surface area contributed by atoms with Gasteiger partial charge in [0.25, 0.3) is 5.56 Å². The SMILES string of the molecule is CC(C)n1c(=O)c2cnc(Nc3ccc4c(c3)CNCC4)nc2n1-c1ccnc(C2(C#N)CCC2)c1. The molecular weight excluding hydrogens is 452 g/mol. The summed E-state index contributed by atoms with van der Waals surface area (Å²) in [4.78, 5) is 27.1. The monoisotopic (exact) mass is 480 g/mol. The van der Waals surface area contributed by atoms with E-state index in [0.29, 0.717) is 17.0 Å². The van der Waals surface area contributed by atoms with Gasteiger partial charge in [0.2, 0.25) is 5.95 Å². The van der Waals surface area contributed by atoms with Crippen LogP contribution in [-0.4, -0.2) is 30.9 Å². The Balaban J connectivity index is 1.46. The van der Waals surface area contributed by atoms with Gasteiger partial charge in [0.15, 0.2) is 5.65 Å². The van der Waals surface area contributed by atoms with Crippen molar-refractivity contribution in [3.05, 3.63) is 69.9 Å². The van der Waals surface area contributed by atoms with E-state index in [1.54, 1.807) is 17.1 Å². The van der Waals surface area contributed by atoms with E-state index < -0.39 is 5.41 Å². The van der Waals surface area contributed by atoms with Gasteiger partial charge in [-0.25, -0.2) is 14.3 Å². The minimum Gasteiger partial charge on any atom is -0.324 e. The number of nitrogens with one attached hydrogen (secondary N) is 2. The van der Waals surface area contributed by atoms with Crippen LogP contribution in [0.25, 0.3) is 16.7 Å². The lowest BCUT2D eigenvalue weighted by atomic mass is 9.67. The van der Waals surface area contributed by atoms with Gasteiger partial charge >= 0.3 is 0 Å². The van der Waals surface area contributed by atoms with Crippen LogP contribution in [0.15, 0.2) is 47.5 Å². The number of benzene rings is 1. The van der Waals surface area contributed by atoms with E-state index in [2.05, 4.69) is 38.8 Å². The van der Waals surface area contributed by atoms with Gasteiger partial charge in [-0.1, -0.05) is 6.07 Å². The predicted octanol–water partition coefficient (Wildman–Crippen LogP) is 3.89. The zero-order valence-electron chi connectivity index (χ0n) is 20.5. The van der Waals surface area contributed by atoms with Crippen molar-refractivity contribution in [2.24, 2.45) is 0 Å². The summed E-state index contributed by atoms with van der Waals surface area (Å²) in [6.45, 7) is 5.77. The van der Waals surface area contributed by atoms with Crippen molar-refractivity contribution in [3.63, 3.8) is 0 Å². The van der Waals surface area contributed by atoms with Crippen molar-refractivity contribution in [3.8, 4) is 11.8 Å². The topological polar surface area (TPSA) is 113 Å². The summed E-state index contributed by atoms with van der Waals surface area (Å²) in [5.74, 6) is 0.419. The molecule has 1 saturated carbocycles. The molecular formula is C27H28N8O. The molecule has 2 N–H and O–H groups in total. The molecule has 0 radical (unpaired) electrons. The lowest BCUT2D eigenvalue weighted by Crippen LogP contribution is -2.33. The number of nitrogens with zero attached hydrogens (tertiary/aromatic N) is 6. The van der Waals surface area contributed by atoms with Crippen molar-refractivity contribution >= 4 is 22.7 Å². The standard InChI is InChI=1S/C27H28N8O/c1-17(2)34-25(36)22-15-31-26(32-20-5-4-18-6-10-29-14-19(18)12-20)33-24(22)35(34)21-7-11-30-23(13-21)27(16-28)8-3-9-27/h4-5,7,11-13,15,17,29H,3,6,8-10,14H2,1-2H3,(H,31,32,33). The number of nitriles is 1. The van der Waals surface area contributed by atoms with Crippen LogP contribution in [-0.2, 0) is 18.4 Å². The summed E-state index contributed by atoms with van der Waals surface area (Å²) in [5.41, 5.74) is 4.84. The van der Waals surface area contributed by atoms with Gasteiger partial charge in [0.05, 0.1) is 22.9 Å². The Labute approximate surface area is 208 Å². The highest BCUT2D eigenvalue weighted by molar-refractivity contribution is 5.77. The molecule has 0 saturated heterocycles. The number of aromatic nitrogens is 5. The van der Waals surface area contributed by atoms with Gasteiger partial charge in [-0.2, -0.15) is 10.2 Å². The molecule has 4 heterocycles. The summed E-state index contributed by atoms with van der Waals surface area (Å²) in [6.07, 6.45) is 6.95. The molecule has 3 aromatic heterocycles. The van der Waals surface area contributed by atoms with E-state index in [-0.39, 0.29) is 11.6 Å². The Morgan fingerprint density at radius 3 is 2.78 bits per heavy atom. The first kappa shape index (κ1) is 22.4. The third kappa shape index (κ3) is 3.57. The lowest BCUT2D eigenvalue weighted by Gasteiger charge is -2.34. The van der Waals surface area contributed by atoms with Gasteiger partial charge in [-0.15, -0.1) is 0 Å². The van der Waals surface area contributed by atoms with Crippen LogP contribution in [0.3, 0.4) is 0 Å². The molecule has 6 rings (SSSR count). The van der Waals surface area contributed by atoms with E-state index in [4.69, 9.17) is 4.98 Å². The Bertz CT molecular complexity index is 1570. The van der Waals surface area contributed by atoms with Crippen LogP contribution < -0.4 is 16.2 Å². The summed E-state index contributed by atoms with van der Waals surface area (Å²) >= 11 is 0. The largest absolute Gasteiger partial charge is 0.324 e. The fraction of sp³-hybridized carbons (Fsp3) is 0.370. The number of hydrogen-bond donors (Lipinski definition) is 2. The Morgan fingerprint density at radius 2 is 2.03 bits per heavy atom. The van der Waals surface area contributed by atoms with E-state index >= 15 is 0 Å². The van der Waals surface area contributed by atoms with Crippen molar-refractivity contribution in [1.82, 2.24) is 29.6 Å². The average Bonchev–Trinajstić information content (AvgIpc) is 3.16. The number of pyridine rings is 1. The zero-order chi connectivity index (χ0) is 24.9. The second-order valence-corrected chi connectivity index (χ2v) is 9.97. The third-order valence-corrected chi connectivity index (χ3v) is 7.36.